The highest BCUT2D eigenvalue weighted by Crippen LogP contribution is 2.55. The zero-order valence-electron chi connectivity index (χ0n) is 41.3. The summed E-state index contributed by atoms with van der Waals surface area (Å²) in [5.74, 6) is 0.930. The lowest BCUT2D eigenvalue weighted by molar-refractivity contribution is 0.332. The zero-order valence-corrected chi connectivity index (χ0v) is 42.2. The van der Waals surface area contributed by atoms with E-state index in [4.69, 9.17) is 4.42 Å². The molecule has 0 fully saturated rings. The minimum atomic E-state index is -0.155. The summed E-state index contributed by atoms with van der Waals surface area (Å²) in [7, 11) is 0. The van der Waals surface area contributed by atoms with Crippen molar-refractivity contribution >= 4 is 106 Å². The van der Waals surface area contributed by atoms with E-state index < -0.39 is 0 Å². The van der Waals surface area contributed by atoms with Crippen molar-refractivity contribution in [3.8, 4) is 11.1 Å². The molecule has 7 aromatic carbocycles. The Balaban J connectivity index is 1.18. The van der Waals surface area contributed by atoms with E-state index in [0.29, 0.717) is 0 Å². The Morgan fingerprint density at radius 1 is 0.507 bits per heavy atom. The molecule has 2 aliphatic heterocycles. The average Bonchev–Trinajstić information content (AvgIpc) is 4.01. The fraction of sp³-hybridized carbons (Fsp3) is 0.270. The Bertz CT molecular complexity index is 3790. The van der Waals surface area contributed by atoms with Gasteiger partial charge in [0.15, 0.2) is 0 Å². The second-order valence-corrected chi connectivity index (χ2v) is 24.5. The molecule has 4 aliphatic rings. The van der Waals surface area contributed by atoms with Crippen LogP contribution in [0.25, 0.3) is 53.3 Å². The van der Waals surface area contributed by atoms with Crippen molar-refractivity contribution in [2.24, 2.45) is 0 Å². The molecule has 4 nitrogen and oxygen atoms in total. The Kier molecular flexibility index (Phi) is 8.32. The number of rotatable bonds is 4. The third kappa shape index (κ3) is 5.64. The molecule has 0 atom stereocenters. The average molecular weight is 916 g/mol. The van der Waals surface area contributed by atoms with E-state index >= 15 is 0 Å². The molecule has 69 heavy (non-hydrogen) atoms. The summed E-state index contributed by atoms with van der Waals surface area (Å²) >= 11 is 1.93. The third-order valence-electron chi connectivity index (χ3n) is 17.4. The number of benzene rings is 7. The van der Waals surface area contributed by atoms with E-state index in [0.717, 1.165) is 47.8 Å². The molecule has 0 saturated heterocycles. The number of aryl methyl sites for hydroxylation is 1. The molecule has 10 aromatic rings. The Labute approximate surface area is 410 Å². The lowest BCUT2D eigenvalue weighted by Gasteiger charge is -2.44. The SMILES string of the molecule is Cc1cc2c(cc1N1c3cc(N(c4ccccc4)c4ccccc4)cc4c3B(c3c1oc1cc5c(cc31)C(C)(C)CCC5(C)C)n1c3c-4cccc3c3sc4ccccc4c31)C(C)(C)CCC2(C)C. The van der Waals surface area contributed by atoms with E-state index in [-0.39, 0.29) is 28.5 Å². The first-order chi connectivity index (χ1) is 33.1. The van der Waals surface area contributed by atoms with Gasteiger partial charge in [0.1, 0.15) is 5.58 Å². The van der Waals surface area contributed by atoms with Gasteiger partial charge < -0.3 is 13.8 Å². The quantitative estimate of drug-likeness (QED) is 0.164. The maximum Gasteiger partial charge on any atom is 0.337 e. The molecule has 0 unspecified atom stereocenters. The van der Waals surface area contributed by atoms with E-state index in [2.05, 4.69) is 216 Å². The molecular weight excluding hydrogens is 858 g/mol. The Morgan fingerprint density at radius 3 is 1.75 bits per heavy atom. The van der Waals surface area contributed by atoms with Crippen LogP contribution in [-0.2, 0) is 21.7 Å². The summed E-state index contributed by atoms with van der Waals surface area (Å²) in [6.45, 7) is 21.8. The molecule has 0 saturated carbocycles. The normalized spacial score (nSPS) is 17.8. The Morgan fingerprint density at radius 2 is 1.09 bits per heavy atom. The van der Waals surface area contributed by atoms with E-state index in [1.165, 1.54) is 104 Å². The summed E-state index contributed by atoms with van der Waals surface area (Å²) in [5, 5.41) is 3.86. The number of anilines is 6. The van der Waals surface area contributed by atoms with Gasteiger partial charge >= 0.3 is 6.85 Å². The highest BCUT2D eigenvalue weighted by atomic mass is 32.1. The molecule has 340 valence electrons. The number of aromatic nitrogens is 1. The van der Waals surface area contributed by atoms with Crippen LogP contribution in [0.15, 0.2) is 144 Å². The smallest absolute Gasteiger partial charge is 0.337 e. The first kappa shape index (κ1) is 41.5. The topological polar surface area (TPSA) is 24.6 Å². The van der Waals surface area contributed by atoms with Gasteiger partial charge in [-0.25, -0.2) is 0 Å². The van der Waals surface area contributed by atoms with Crippen molar-refractivity contribution in [3.05, 3.63) is 167 Å². The highest BCUT2D eigenvalue weighted by Gasteiger charge is 2.49. The molecule has 0 radical (unpaired) electrons. The van der Waals surface area contributed by atoms with Crippen LogP contribution in [0.5, 0.6) is 0 Å². The lowest BCUT2D eigenvalue weighted by atomic mass is 9.45. The molecule has 6 heteroatoms. The van der Waals surface area contributed by atoms with Crippen molar-refractivity contribution < 1.29 is 4.42 Å². The number of fused-ring (bicyclic) bond motifs is 13. The molecule has 5 heterocycles. The van der Waals surface area contributed by atoms with Gasteiger partial charge in [-0.1, -0.05) is 134 Å². The number of furan rings is 1. The molecule has 0 amide bonds. The number of hydrogen-bond acceptors (Lipinski definition) is 4. The number of para-hydroxylation sites is 3. The molecule has 0 spiro atoms. The van der Waals surface area contributed by atoms with Crippen LogP contribution in [0, 0.1) is 6.92 Å². The first-order valence-electron chi connectivity index (χ1n) is 25.2. The van der Waals surface area contributed by atoms with Gasteiger partial charge in [0.25, 0.3) is 0 Å². The number of thiophene rings is 1. The van der Waals surface area contributed by atoms with Gasteiger partial charge in [0.2, 0.25) is 5.88 Å². The van der Waals surface area contributed by atoms with Crippen LogP contribution < -0.4 is 20.7 Å². The highest BCUT2D eigenvalue weighted by molar-refractivity contribution is 7.27. The van der Waals surface area contributed by atoms with Gasteiger partial charge in [-0.05, 0) is 154 Å². The van der Waals surface area contributed by atoms with E-state index in [1.807, 2.05) is 11.3 Å². The second kappa shape index (κ2) is 13.8. The van der Waals surface area contributed by atoms with Crippen LogP contribution in [-0.4, -0.2) is 11.3 Å². The molecule has 0 bridgehead atoms. The van der Waals surface area contributed by atoms with Crippen LogP contribution >= 0.6 is 11.3 Å². The predicted octanol–water partition coefficient (Wildman–Crippen LogP) is 16.6. The van der Waals surface area contributed by atoms with E-state index in [1.54, 1.807) is 0 Å². The van der Waals surface area contributed by atoms with Crippen LogP contribution in [0.2, 0.25) is 0 Å². The molecular formula is C63H58BN3OS. The van der Waals surface area contributed by atoms with Gasteiger partial charge in [-0.2, -0.15) is 0 Å². The third-order valence-corrected chi connectivity index (χ3v) is 18.6. The molecule has 2 aliphatic carbocycles. The summed E-state index contributed by atoms with van der Waals surface area (Å²) < 4.78 is 13.2. The first-order valence-corrected chi connectivity index (χ1v) is 26.0. The monoisotopic (exact) mass is 915 g/mol. The Hall–Kier alpha value is -6.50. The van der Waals surface area contributed by atoms with Crippen LogP contribution in [0.4, 0.5) is 34.3 Å². The molecule has 14 rings (SSSR count). The van der Waals surface area contributed by atoms with E-state index in [9.17, 15) is 0 Å². The predicted molar refractivity (Wildman–Crippen MR) is 295 cm³/mol. The zero-order chi connectivity index (χ0) is 47.1. The van der Waals surface area contributed by atoms with Gasteiger partial charge in [0.05, 0.1) is 15.9 Å². The van der Waals surface area contributed by atoms with Crippen molar-refractivity contribution in [2.45, 2.75) is 110 Å². The fourth-order valence-corrected chi connectivity index (χ4v) is 14.6. The minimum Gasteiger partial charge on any atom is -0.440 e. The van der Waals surface area contributed by atoms with Crippen LogP contribution in [0.3, 0.4) is 0 Å². The standard InChI is InChI=1S/C63H58BN3OS/c1-37-31-46-48(62(6,7)29-27-60(46,2)3)35-50(37)66-51-33-40(65(38-19-12-10-13-20-38)39-21-14-11-15-22-39)32-44-41-24-18-25-43-56(41)67(57-42-23-16-17-26-53(42)69-58(43)57)64(54(44)51)55-45-34-47-49(36-52(45)68-59(55)66)63(8,9)30-28-61(47,4)5/h10-26,31-36H,27-30H2,1-9H3. The van der Waals surface area contributed by atoms with Crippen molar-refractivity contribution in [1.29, 1.82) is 0 Å². The van der Waals surface area contributed by atoms with Crippen LogP contribution in [0.1, 0.15) is 109 Å². The van der Waals surface area contributed by atoms with Gasteiger partial charge in [0, 0.05) is 60.2 Å². The summed E-state index contributed by atoms with van der Waals surface area (Å²) in [4.78, 5) is 5.02. The summed E-state index contributed by atoms with van der Waals surface area (Å²) in [5.41, 5.74) is 21.7. The second-order valence-electron chi connectivity index (χ2n) is 23.5. The van der Waals surface area contributed by atoms with Crippen molar-refractivity contribution in [3.63, 3.8) is 0 Å². The molecule has 0 N–H and O–H groups in total. The maximum absolute atomic E-state index is 7.74. The molecule has 3 aromatic heterocycles. The summed E-state index contributed by atoms with van der Waals surface area (Å²) in [6.07, 6.45) is 4.61. The summed E-state index contributed by atoms with van der Waals surface area (Å²) in [6, 6.07) is 53.1. The lowest BCUT2D eigenvalue weighted by Crippen LogP contribution is -2.56. The maximum atomic E-state index is 7.74. The van der Waals surface area contributed by atoms with Crippen molar-refractivity contribution in [2.75, 3.05) is 9.80 Å². The van der Waals surface area contributed by atoms with Crippen molar-refractivity contribution in [1.82, 2.24) is 4.48 Å². The minimum absolute atomic E-state index is 0.0124. The largest absolute Gasteiger partial charge is 0.440 e. The van der Waals surface area contributed by atoms with Gasteiger partial charge in [-0.15, -0.1) is 11.3 Å². The van der Waals surface area contributed by atoms with Gasteiger partial charge in [-0.3, -0.25) is 4.90 Å². The fourth-order valence-electron chi connectivity index (χ4n) is 13.4. The number of nitrogens with zero attached hydrogens (tertiary/aromatic N) is 3. The number of hydrogen-bond donors (Lipinski definition) is 0.